The number of imidazole rings is 2. The van der Waals surface area contributed by atoms with Crippen molar-refractivity contribution in [3.8, 4) is 0 Å². The molecule has 4 aromatic rings. The van der Waals surface area contributed by atoms with E-state index in [0.717, 1.165) is 53.8 Å². The Morgan fingerprint density at radius 2 is 1.85 bits per heavy atom. The summed E-state index contributed by atoms with van der Waals surface area (Å²) >= 11 is 13.9. The number of nitrogens with zero attached hydrogens (tertiary/aromatic N) is 3. The maximum Gasteiger partial charge on any atom is 0.107 e. The van der Waals surface area contributed by atoms with Crippen LogP contribution in [-0.2, 0) is 6.42 Å². The Morgan fingerprint density at radius 1 is 1.00 bits per heavy atom. The quantitative estimate of drug-likeness (QED) is 0.376. The number of aromatic amines is 1. The fourth-order valence-electron chi connectivity index (χ4n) is 2.95. The number of fused-ring (bicyclic) bond motifs is 2. The number of hydrogen-bond acceptors (Lipinski definition) is 3. The van der Waals surface area contributed by atoms with E-state index in [0.29, 0.717) is 10.0 Å². The molecule has 0 saturated heterocycles. The Bertz CT molecular complexity index is 1000. The number of H-pyrrole nitrogens is 1. The Balaban J connectivity index is 1.24. The van der Waals surface area contributed by atoms with Gasteiger partial charge < -0.3 is 4.98 Å². The Morgan fingerprint density at radius 3 is 2.77 bits per heavy atom. The second-order valence-electron chi connectivity index (χ2n) is 6.17. The van der Waals surface area contributed by atoms with Gasteiger partial charge in [-0.3, -0.25) is 3.97 Å². The lowest BCUT2D eigenvalue weighted by Gasteiger charge is -2.03. The van der Waals surface area contributed by atoms with Crippen LogP contribution < -0.4 is 0 Å². The van der Waals surface area contributed by atoms with Gasteiger partial charge in [-0.2, -0.15) is 0 Å². The number of unbranched alkanes of at least 4 members (excludes halogenated alkanes) is 2. The minimum Gasteiger partial charge on any atom is -0.342 e. The van der Waals surface area contributed by atoms with Gasteiger partial charge in [-0.05, 0) is 49.1 Å². The van der Waals surface area contributed by atoms with Gasteiger partial charge in [-0.25, -0.2) is 9.97 Å². The fraction of sp³-hybridized carbons (Fsp3) is 0.263. The highest BCUT2D eigenvalue weighted by molar-refractivity contribution is 7.97. The van der Waals surface area contributed by atoms with E-state index in [4.69, 9.17) is 23.2 Å². The highest BCUT2D eigenvalue weighted by Crippen LogP contribution is 2.27. The van der Waals surface area contributed by atoms with Crippen molar-refractivity contribution < 1.29 is 0 Å². The van der Waals surface area contributed by atoms with Crippen molar-refractivity contribution in [2.24, 2.45) is 0 Å². The van der Waals surface area contributed by atoms with E-state index < -0.39 is 0 Å². The third-order valence-electron chi connectivity index (χ3n) is 4.28. The number of benzene rings is 2. The second kappa shape index (κ2) is 7.91. The summed E-state index contributed by atoms with van der Waals surface area (Å²) in [6, 6.07) is 11.9. The molecule has 0 aliphatic carbocycles. The summed E-state index contributed by atoms with van der Waals surface area (Å²) in [4.78, 5) is 12.3. The molecule has 26 heavy (non-hydrogen) atoms. The number of para-hydroxylation sites is 2. The van der Waals surface area contributed by atoms with Gasteiger partial charge in [-0.15, -0.1) is 0 Å². The van der Waals surface area contributed by atoms with Gasteiger partial charge in [0.05, 0.1) is 32.1 Å². The molecule has 2 heterocycles. The fourth-order valence-corrected chi connectivity index (χ4v) is 4.21. The van der Waals surface area contributed by atoms with Crippen LogP contribution >= 0.6 is 35.1 Å². The monoisotopic (exact) mass is 404 g/mol. The van der Waals surface area contributed by atoms with Crippen molar-refractivity contribution >= 4 is 57.2 Å². The average Bonchev–Trinajstić information content (AvgIpc) is 3.22. The molecule has 4 nitrogen and oxygen atoms in total. The van der Waals surface area contributed by atoms with Crippen LogP contribution in [0.4, 0.5) is 0 Å². The van der Waals surface area contributed by atoms with Crippen LogP contribution in [0.5, 0.6) is 0 Å². The van der Waals surface area contributed by atoms with Crippen molar-refractivity contribution in [1.29, 1.82) is 0 Å². The Kier molecular flexibility index (Phi) is 5.38. The molecule has 0 radical (unpaired) electrons. The average molecular weight is 405 g/mol. The molecule has 0 aliphatic rings. The van der Waals surface area contributed by atoms with E-state index in [1.165, 1.54) is 5.52 Å². The van der Waals surface area contributed by atoms with Crippen LogP contribution in [0.1, 0.15) is 25.1 Å². The molecular formula is C19H18Cl2N4S. The van der Waals surface area contributed by atoms with E-state index in [1.54, 1.807) is 0 Å². The first-order valence-corrected chi connectivity index (χ1v) is 10.3. The van der Waals surface area contributed by atoms with Gasteiger partial charge >= 0.3 is 0 Å². The minimum absolute atomic E-state index is 0.543. The summed E-state index contributed by atoms with van der Waals surface area (Å²) in [5.41, 5.74) is 4.04. The molecule has 0 saturated carbocycles. The first kappa shape index (κ1) is 17.7. The molecule has 0 aliphatic heterocycles. The zero-order valence-corrected chi connectivity index (χ0v) is 16.4. The van der Waals surface area contributed by atoms with E-state index >= 15 is 0 Å². The van der Waals surface area contributed by atoms with Crippen LogP contribution in [0, 0.1) is 0 Å². The SMILES string of the molecule is Clc1cc2nc(CCCCCSn3cnc4ccccc43)[nH]c2cc1Cl. The third kappa shape index (κ3) is 3.85. The topological polar surface area (TPSA) is 46.5 Å². The highest BCUT2D eigenvalue weighted by Gasteiger charge is 2.07. The molecule has 0 fully saturated rings. The molecule has 2 aromatic heterocycles. The standard InChI is InChI=1S/C19H18Cl2N4S/c20-13-10-16-17(11-14(13)21)24-19(23-16)8-2-1-5-9-26-25-12-22-15-6-3-4-7-18(15)25/h3-4,6-7,10-12H,1-2,5,8-9H2,(H,23,24). The van der Waals surface area contributed by atoms with Gasteiger partial charge in [0.2, 0.25) is 0 Å². The van der Waals surface area contributed by atoms with E-state index in [1.807, 2.05) is 42.5 Å². The molecule has 0 atom stereocenters. The number of hydrogen-bond donors (Lipinski definition) is 1. The zero-order chi connectivity index (χ0) is 17.9. The first-order valence-electron chi connectivity index (χ1n) is 8.60. The second-order valence-corrected chi connectivity index (χ2v) is 8.04. The number of aryl methyl sites for hydroxylation is 1. The molecule has 2 aromatic carbocycles. The van der Waals surface area contributed by atoms with Crippen molar-refractivity contribution in [3.05, 3.63) is 58.6 Å². The van der Waals surface area contributed by atoms with Crippen molar-refractivity contribution in [3.63, 3.8) is 0 Å². The van der Waals surface area contributed by atoms with Crippen molar-refractivity contribution in [2.75, 3.05) is 5.75 Å². The zero-order valence-electron chi connectivity index (χ0n) is 14.1. The van der Waals surface area contributed by atoms with Crippen LogP contribution in [0.25, 0.3) is 22.1 Å². The number of halogens is 2. The van der Waals surface area contributed by atoms with Gasteiger partial charge in [0.25, 0.3) is 0 Å². The highest BCUT2D eigenvalue weighted by atomic mass is 35.5. The number of rotatable bonds is 7. The van der Waals surface area contributed by atoms with E-state index in [-0.39, 0.29) is 0 Å². The van der Waals surface area contributed by atoms with Crippen LogP contribution in [0.15, 0.2) is 42.7 Å². The molecule has 0 spiro atoms. The summed E-state index contributed by atoms with van der Waals surface area (Å²) < 4.78 is 2.15. The van der Waals surface area contributed by atoms with Crippen molar-refractivity contribution in [2.45, 2.75) is 25.7 Å². The minimum atomic E-state index is 0.543. The first-order chi connectivity index (χ1) is 12.7. The van der Waals surface area contributed by atoms with Crippen LogP contribution in [0.2, 0.25) is 10.0 Å². The molecule has 0 unspecified atom stereocenters. The normalized spacial score (nSPS) is 11.6. The lowest BCUT2D eigenvalue weighted by atomic mass is 10.2. The van der Waals surface area contributed by atoms with Gasteiger partial charge in [0.1, 0.15) is 12.2 Å². The summed E-state index contributed by atoms with van der Waals surface area (Å²) in [7, 11) is 0. The Labute approximate surface area is 166 Å². The number of nitrogens with one attached hydrogen (secondary N) is 1. The summed E-state index contributed by atoms with van der Waals surface area (Å²) in [6.45, 7) is 0. The lowest BCUT2D eigenvalue weighted by Crippen LogP contribution is -1.91. The molecule has 0 amide bonds. The van der Waals surface area contributed by atoms with Crippen LogP contribution in [0.3, 0.4) is 0 Å². The summed E-state index contributed by atoms with van der Waals surface area (Å²) in [6.07, 6.45) is 6.27. The molecule has 0 bridgehead atoms. The maximum atomic E-state index is 6.05. The Hall–Kier alpha value is -1.69. The molecule has 1 N–H and O–H groups in total. The predicted molar refractivity (Wildman–Crippen MR) is 111 cm³/mol. The third-order valence-corrected chi connectivity index (χ3v) is 6.04. The summed E-state index contributed by atoms with van der Waals surface area (Å²) in [5, 5.41) is 1.10. The largest absolute Gasteiger partial charge is 0.342 e. The smallest absolute Gasteiger partial charge is 0.107 e. The van der Waals surface area contributed by atoms with Gasteiger partial charge in [-0.1, -0.05) is 41.8 Å². The predicted octanol–water partition coefficient (Wildman–Crippen LogP) is 6.13. The van der Waals surface area contributed by atoms with Crippen molar-refractivity contribution in [1.82, 2.24) is 18.9 Å². The lowest BCUT2D eigenvalue weighted by molar-refractivity contribution is 0.704. The molecule has 7 heteroatoms. The van der Waals surface area contributed by atoms with Gasteiger partial charge in [0.15, 0.2) is 0 Å². The van der Waals surface area contributed by atoms with E-state index in [2.05, 4.69) is 31.1 Å². The summed E-state index contributed by atoms with van der Waals surface area (Å²) in [5.74, 6) is 2.07. The maximum absolute atomic E-state index is 6.05. The molecule has 4 rings (SSSR count). The van der Waals surface area contributed by atoms with Gasteiger partial charge in [0, 0.05) is 12.2 Å². The van der Waals surface area contributed by atoms with E-state index in [9.17, 15) is 0 Å². The number of aromatic nitrogens is 4. The molecule has 134 valence electrons. The van der Waals surface area contributed by atoms with Crippen LogP contribution in [-0.4, -0.2) is 24.7 Å². The molecular weight excluding hydrogens is 387 g/mol.